The third-order valence-corrected chi connectivity index (χ3v) is 1.53. The van der Waals surface area contributed by atoms with Crippen molar-refractivity contribution in [2.24, 2.45) is 0 Å². The number of hydrogen-bond donors (Lipinski definition) is 1. The zero-order valence-electron chi connectivity index (χ0n) is 6.97. The first kappa shape index (κ1) is 9.75. The summed E-state index contributed by atoms with van der Waals surface area (Å²) < 4.78 is 0. The summed E-state index contributed by atoms with van der Waals surface area (Å²) in [6.07, 6.45) is 1.59. The molecule has 3 nitrogen and oxygen atoms in total. The van der Waals surface area contributed by atoms with Crippen LogP contribution in [-0.4, -0.2) is 10.9 Å². The lowest BCUT2D eigenvalue weighted by atomic mass is 10.3. The summed E-state index contributed by atoms with van der Waals surface area (Å²) in [5.74, 6) is 1.94. The van der Waals surface area contributed by atoms with Crippen molar-refractivity contribution in [1.82, 2.24) is 4.98 Å². The van der Waals surface area contributed by atoms with Crippen molar-refractivity contribution in [3.63, 3.8) is 0 Å². The summed E-state index contributed by atoms with van der Waals surface area (Å²) in [6, 6.07) is 3.59. The van der Waals surface area contributed by atoms with Gasteiger partial charge in [0.15, 0.2) is 0 Å². The molecule has 0 spiro atoms. The van der Waals surface area contributed by atoms with E-state index in [-0.39, 0.29) is 5.91 Å². The molecule has 1 aromatic rings. The fourth-order valence-corrected chi connectivity index (χ4v) is 0.927. The number of pyridine rings is 1. The van der Waals surface area contributed by atoms with E-state index in [1.165, 1.54) is 0 Å². The lowest BCUT2D eigenvalue weighted by molar-refractivity contribution is -0.111. The highest BCUT2D eigenvalue weighted by Gasteiger charge is 1.96. The fraction of sp³-hybridized carbons (Fsp3) is 0.111. The van der Waals surface area contributed by atoms with Gasteiger partial charge in [-0.05, 0) is 23.9 Å². The predicted octanol–water partition coefficient (Wildman–Crippen LogP) is 1.68. The molecule has 1 heterocycles. The Hall–Kier alpha value is -1.34. The maximum absolute atomic E-state index is 11.0. The molecule has 4 heteroatoms. The second-order valence-corrected chi connectivity index (χ2v) is 2.76. The number of carbonyl (C=O) groups excluding carboxylic acids is 1. The highest BCUT2D eigenvalue weighted by molar-refractivity contribution is 9.12. The van der Waals surface area contributed by atoms with Gasteiger partial charge in [0.1, 0.15) is 0 Å². The highest BCUT2D eigenvalue weighted by atomic mass is 79.9. The SMILES string of the molecule is Cc1ccc(NC(=O)C#CBr)cn1. The van der Waals surface area contributed by atoms with Crippen LogP contribution in [0.1, 0.15) is 5.69 Å². The Balaban J connectivity index is 2.68. The van der Waals surface area contributed by atoms with Crippen molar-refractivity contribution in [2.45, 2.75) is 6.92 Å². The van der Waals surface area contributed by atoms with Crippen LogP contribution < -0.4 is 5.32 Å². The summed E-state index contributed by atoms with van der Waals surface area (Å²) in [6.45, 7) is 1.88. The van der Waals surface area contributed by atoms with Gasteiger partial charge in [-0.25, -0.2) is 0 Å². The van der Waals surface area contributed by atoms with Crippen LogP contribution in [0, 0.1) is 17.7 Å². The topological polar surface area (TPSA) is 42.0 Å². The number of rotatable bonds is 1. The number of halogens is 1. The number of nitrogens with zero attached hydrogens (tertiary/aromatic N) is 1. The third-order valence-electron chi connectivity index (χ3n) is 1.33. The van der Waals surface area contributed by atoms with Crippen LogP contribution in [0.2, 0.25) is 0 Å². The van der Waals surface area contributed by atoms with Crippen LogP contribution in [0.3, 0.4) is 0 Å². The quantitative estimate of drug-likeness (QED) is 0.757. The molecule has 66 valence electrons. The van der Waals surface area contributed by atoms with Crippen molar-refractivity contribution in [3.05, 3.63) is 24.0 Å². The number of aryl methyl sites for hydroxylation is 1. The van der Waals surface area contributed by atoms with E-state index in [9.17, 15) is 4.79 Å². The Bertz CT molecular complexity index is 361. The lowest BCUT2D eigenvalue weighted by Gasteiger charge is -1.99. The first-order chi connectivity index (χ1) is 6.22. The molecule has 0 unspecified atom stereocenters. The molecule has 1 aromatic heterocycles. The average molecular weight is 239 g/mol. The number of nitrogens with one attached hydrogen (secondary N) is 1. The van der Waals surface area contributed by atoms with E-state index in [1.807, 2.05) is 13.0 Å². The van der Waals surface area contributed by atoms with E-state index in [4.69, 9.17) is 0 Å². The minimum Gasteiger partial charge on any atom is -0.314 e. The van der Waals surface area contributed by atoms with Gasteiger partial charge in [-0.1, -0.05) is 0 Å². The largest absolute Gasteiger partial charge is 0.314 e. The van der Waals surface area contributed by atoms with Crippen molar-refractivity contribution in [3.8, 4) is 10.8 Å². The van der Waals surface area contributed by atoms with Crippen LogP contribution >= 0.6 is 15.9 Å². The minimum absolute atomic E-state index is 0.359. The molecule has 0 aliphatic carbocycles. The van der Waals surface area contributed by atoms with E-state index >= 15 is 0 Å². The maximum Gasteiger partial charge on any atom is 0.301 e. The van der Waals surface area contributed by atoms with Crippen molar-refractivity contribution in [2.75, 3.05) is 5.32 Å². The van der Waals surface area contributed by atoms with Crippen molar-refractivity contribution < 1.29 is 4.79 Å². The molecule has 0 bridgehead atoms. The molecule has 0 saturated heterocycles. The maximum atomic E-state index is 11.0. The Morgan fingerprint density at radius 2 is 2.38 bits per heavy atom. The number of hydrogen-bond acceptors (Lipinski definition) is 2. The highest BCUT2D eigenvalue weighted by Crippen LogP contribution is 2.04. The van der Waals surface area contributed by atoms with Gasteiger partial charge in [-0.15, -0.1) is 0 Å². The van der Waals surface area contributed by atoms with Gasteiger partial charge in [-0.2, -0.15) is 0 Å². The summed E-state index contributed by atoms with van der Waals surface area (Å²) in [7, 11) is 0. The van der Waals surface area contributed by atoms with E-state index in [0.717, 1.165) is 5.69 Å². The Labute approximate surface area is 84.7 Å². The summed E-state index contributed by atoms with van der Waals surface area (Å²) in [4.78, 5) is 17.3. The normalized spacial score (nSPS) is 8.46. The van der Waals surface area contributed by atoms with E-state index in [2.05, 4.69) is 37.0 Å². The fourth-order valence-electron chi connectivity index (χ4n) is 0.747. The second-order valence-electron chi connectivity index (χ2n) is 2.36. The zero-order valence-corrected chi connectivity index (χ0v) is 8.55. The first-order valence-electron chi connectivity index (χ1n) is 3.57. The van der Waals surface area contributed by atoms with Gasteiger partial charge < -0.3 is 5.32 Å². The van der Waals surface area contributed by atoms with Gasteiger partial charge in [0.25, 0.3) is 0 Å². The van der Waals surface area contributed by atoms with E-state index in [1.54, 1.807) is 12.3 Å². The molecule has 1 rings (SSSR count). The number of carbonyl (C=O) groups is 1. The molecule has 0 aliphatic rings. The number of anilines is 1. The predicted molar refractivity (Wildman–Crippen MR) is 54.3 cm³/mol. The molecule has 0 atom stereocenters. The molecular weight excluding hydrogens is 232 g/mol. The lowest BCUT2D eigenvalue weighted by Crippen LogP contribution is -2.08. The Kier molecular flexibility index (Phi) is 3.47. The average Bonchev–Trinajstić information content (AvgIpc) is 2.09. The van der Waals surface area contributed by atoms with Gasteiger partial charge in [0, 0.05) is 27.5 Å². The Morgan fingerprint density at radius 1 is 1.62 bits per heavy atom. The van der Waals surface area contributed by atoms with E-state index in [0.29, 0.717) is 5.69 Å². The summed E-state index contributed by atoms with van der Waals surface area (Å²) >= 11 is 2.84. The van der Waals surface area contributed by atoms with Gasteiger partial charge in [-0.3, -0.25) is 9.78 Å². The van der Waals surface area contributed by atoms with Crippen LogP contribution in [0.4, 0.5) is 5.69 Å². The molecule has 1 N–H and O–H groups in total. The minimum atomic E-state index is -0.359. The standard InChI is InChI=1S/C9H7BrN2O/c1-7-2-3-8(6-11-7)12-9(13)4-5-10/h2-3,6H,1H3,(H,12,13). The molecule has 0 fully saturated rings. The van der Waals surface area contributed by atoms with Gasteiger partial charge in [0.05, 0.1) is 11.9 Å². The monoisotopic (exact) mass is 238 g/mol. The first-order valence-corrected chi connectivity index (χ1v) is 4.37. The number of aromatic nitrogens is 1. The number of amides is 1. The molecule has 0 saturated carbocycles. The summed E-state index contributed by atoms with van der Waals surface area (Å²) in [5.41, 5.74) is 1.55. The zero-order chi connectivity index (χ0) is 9.68. The molecular formula is C9H7BrN2O. The van der Waals surface area contributed by atoms with E-state index < -0.39 is 0 Å². The van der Waals surface area contributed by atoms with Crippen molar-refractivity contribution >= 4 is 27.5 Å². The Morgan fingerprint density at radius 3 is 2.92 bits per heavy atom. The van der Waals surface area contributed by atoms with Gasteiger partial charge in [0.2, 0.25) is 0 Å². The van der Waals surface area contributed by atoms with Crippen LogP contribution in [0.5, 0.6) is 0 Å². The second kappa shape index (κ2) is 4.63. The van der Waals surface area contributed by atoms with Crippen LogP contribution in [0.15, 0.2) is 18.3 Å². The summed E-state index contributed by atoms with van der Waals surface area (Å²) in [5, 5.41) is 2.56. The molecule has 0 radical (unpaired) electrons. The smallest absolute Gasteiger partial charge is 0.301 e. The van der Waals surface area contributed by atoms with Crippen LogP contribution in [-0.2, 0) is 4.79 Å². The molecule has 0 aromatic carbocycles. The third kappa shape index (κ3) is 3.26. The van der Waals surface area contributed by atoms with Gasteiger partial charge >= 0.3 is 5.91 Å². The van der Waals surface area contributed by atoms with Crippen molar-refractivity contribution in [1.29, 1.82) is 0 Å². The molecule has 13 heavy (non-hydrogen) atoms. The van der Waals surface area contributed by atoms with Crippen LogP contribution in [0.25, 0.3) is 0 Å². The molecule has 1 amide bonds. The molecule has 0 aliphatic heterocycles.